The second-order valence-corrected chi connectivity index (χ2v) is 8.24. The molecule has 2 aliphatic rings. The Morgan fingerprint density at radius 3 is 2.29 bits per heavy atom. The van der Waals surface area contributed by atoms with Gasteiger partial charge in [0.05, 0.1) is 33.8 Å². The summed E-state index contributed by atoms with van der Waals surface area (Å²) in [5.74, 6) is -3.11. The van der Waals surface area contributed by atoms with Crippen molar-refractivity contribution < 1.29 is 24.2 Å². The van der Waals surface area contributed by atoms with Gasteiger partial charge in [-0.2, -0.15) is 5.01 Å². The third-order valence-corrected chi connectivity index (χ3v) is 6.11. The summed E-state index contributed by atoms with van der Waals surface area (Å²) in [6.07, 6.45) is 2.64. The lowest BCUT2D eigenvalue weighted by molar-refractivity contribution is -0.385. The van der Waals surface area contributed by atoms with Gasteiger partial charge in [0, 0.05) is 23.8 Å². The number of hydrogen-bond donors (Lipinski definition) is 0. The van der Waals surface area contributed by atoms with Crippen molar-refractivity contribution in [3.05, 3.63) is 91.5 Å². The molecule has 0 radical (unpaired) electrons. The minimum atomic E-state index is -0.780. The van der Waals surface area contributed by atoms with Crippen molar-refractivity contribution >= 4 is 29.1 Å². The lowest BCUT2D eigenvalue weighted by Crippen LogP contribution is -2.49. The van der Waals surface area contributed by atoms with Gasteiger partial charge in [0.25, 0.3) is 29.1 Å². The Labute approximate surface area is 193 Å². The molecule has 2 aromatic rings. The number of rotatable bonds is 6. The number of benzene rings is 2. The Balaban J connectivity index is 1.75. The SMILES string of the molecule is CC1=CC[C@@H]2C(=O)N(N(Cc3ccccc3[N+](=O)[O-])C(=O)c3ccc([N+](=O)[O-])cc3)C(=O)[C@H]2C1. The summed E-state index contributed by atoms with van der Waals surface area (Å²) in [6, 6.07) is 10.4. The van der Waals surface area contributed by atoms with Gasteiger partial charge in [0.2, 0.25) is 0 Å². The van der Waals surface area contributed by atoms with Gasteiger partial charge in [-0.3, -0.25) is 34.6 Å². The van der Waals surface area contributed by atoms with Crippen LogP contribution in [0.3, 0.4) is 0 Å². The highest BCUT2D eigenvalue weighted by molar-refractivity contribution is 6.08. The molecule has 11 heteroatoms. The van der Waals surface area contributed by atoms with E-state index in [0.717, 1.165) is 27.7 Å². The maximum absolute atomic E-state index is 13.5. The molecule has 1 saturated heterocycles. The first-order valence-electron chi connectivity index (χ1n) is 10.5. The number of non-ortho nitro benzene ring substituents is 1. The van der Waals surface area contributed by atoms with Crippen molar-refractivity contribution in [1.82, 2.24) is 10.0 Å². The molecule has 1 aliphatic carbocycles. The van der Waals surface area contributed by atoms with Gasteiger partial charge in [-0.1, -0.05) is 29.8 Å². The molecule has 0 N–H and O–H groups in total. The van der Waals surface area contributed by atoms with Crippen LogP contribution in [0.25, 0.3) is 0 Å². The zero-order chi connectivity index (χ0) is 24.6. The molecule has 0 aromatic heterocycles. The highest BCUT2D eigenvalue weighted by Crippen LogP contribution is 2.39. The van der Waals surface area contributed by atoms with E-state index in [1.54, 1.807) is 6.07 Å². The molecular weight excluding hydrogens is 444 g/mol. The molecule has 0 bridgehead atoms. The number of fused-ring (bicyclic) bond motifs is 1. The van der Waals surface area contributed by atoms with Gasteiger partial charge >= 0.3 is 0 Å². The highest BCUT2D eigenvalue weighted by atomic mass is 16.6. The molecule has 1 aliphatic heterocycles. The summed E-state index contributed by atoms with van der Waals surface area (Å²) in [5, 5.41) is 24.2. The average Bonchev–Trinajstić information content (AvgIpc) is 3.06. The lowest BCUT2D eigenvalue weighted by Gasteiger charge is -2.30. The number of nitrogens with zero attached hydrogens (tertiary/aromatic N) is 4. The number of allylic oxidation sites excluding steroid dienone is 2. The minimum absolute atomic E-state index is 0.00559. The van der Waals surface area contributed by atoms with E-state index in [1.165, 1.54) is 30.3 Å². The second kappa shape index (κ2) is 8.85. The van der Waals surface area contributed by atoms with Gasteiger partial charge in [0.1, 0.15) is 0 Å². The first-order chi connectivity index (χ1) is 16.2. The summed E-state index contributed by atoms with van der Waals surface area (Å²) in [7, 11) is 0. The van der Waals surface area contributed by atoms with Crippen molar-refractivity contribution in [3.8, 4) is 0 Å². The van der Waals surface area contributed by atoms with E-state index in [-0.39, 0.29) is 22.5 Å². The normalized spacial score (nSPS) is 19.4. The van der Waals surface area contributed by atoms with Crippen LogP contribution >= 0.6 is 0 Å². The van der Waals surface area contributed by atoms with Crippen LogP contribution in [-0.2, 0) is 16.1 Å². The minimum Gasteiger partial charge on any atom is -0.272 e. The fourth-order valence-corrected chi connectivity index (χ4v) is 4.35. The van der Waals surface area contributed by atoms with E-state index in [9.17, 15) is 34.6 Å². The van der Waals surface area contributed by atoms with E-state index >= 15 is 0 Å². The highest BCUT2D eigenvalue weighted by Gasteiger charge is 2.51. The number of carbonyl (C=O) groups is 3. The molecule has 0 unspecified atom stereocenters. The summed E-state index contributed by atoms with van der Waals surface area (Å²) < 4.78 is 0. The second-order valence-electron chi connectivity index (χ2n) is 8.24. The van der Waals surface area contributed by atoms with Crippen LogP contribution in [0, 0.1) is 32.1 Å². The molecule has 1 fully saturated rings. The topological polar surface area (TPSA) is 144 Å². The van der Waals surface area contributed by atoms with Crippen molar-refractivity contribution in [3.63, 3.8) is 0 Å². The van der Waals surface area contributed by atoms with Crippen LogP contribution in [0.5, 0.6) is 0 Å². The average molecular weight is 464 g/mol. The van der Waals surface area contributed by atoms with E-state index < -0.39 is 45.9 Å². The fraction of sp³-hybridized carbons (Fsp3) is 0.261. The Hall–Kier alpha value is -4.41. The molecule has 2 aromatic carbocycles. The first kappa shape index (κ1) is 22.8. The summed E-state index contributed by atoms with van der Waals surface area (Å²) in [5.41, 5.74) is 0.596. The Morgan fingerprint density at radius 1 is 1.00 bits per heavy atom. The number of nitro benzene ring substituents is 2. The largest absolute Gasteiger partial charge is 0.274 e. The number of carbonyl (C=O) groups excluding carboxylic acids is 3. The first-order valence-corrected chi connectivity index (χ1v) is 10.5. The Bertz CT molecular complexity index is 1240. The third kappa shape index (κ3) is 4.03. The smallest absolute Gasteiger partial charge is 0.272 e. The van der Waals surface area contributed by atoms with Crippen LogP contribution < -0.4 is 0 Å². The zero-order valence-corrected chi connectivity index (χ0v) is 18.1. The zero-order valence-electron chi connectivity index (χ0n) is 18.1. The Morgan fingerprint density at radius 2 is 1.65 bits per heavy atom. The predicted octanol–water partition coefficient (Wildman–Crippen LogP) is 3.40. The van der Waals surface area contributed by atoms with Crippen LogP contribution in [0.2, 0.25) is 0 Å². The van der Waals surface area contributed by atoms with Crippen LogP contribution in [0.4, 0.5) is 11.4 Å². The number of para-hydroxylation sites is 1. The lowest BCUT2D eigenvalue weighted by atomic mass is 9.82. The van der Waals surface area contributed by atoms with Crippen molar-refractivity contribution in [2.24, 2.45) is 11.8 Å². The molecule has 34 heavy (non-hydrogen) atoms. The van der Waals surface area contributed by atoms with E-state index in [1.807, 2.05) is 13.0 Å². The number of imide groups is 1. The summed E-state index contributed by atoms with van der Waals surface area (Å²) >= 11 is 0. The van der Waals surface area contributed by atoms with E-state index in [4.69, 9.17) is 0 Å². The van der Waals surface area contributed by atoms with Crippen LogP contribution in [-0.4, -0.2) is 37.6 Å². The van der Waals surface area contributed by atoms with Gasteiger partial charge in [-0.05, 0) is 31.9 Å². The third-order valence-electron chi connectivity index (χ3n) is 6.11. The number of hydrazine groups is 1. The van der Waals surface area contributed by atoms with Gasteiger partial charge in [0.15, 0.2) is 0 Å². The molecule has 2 atom stereocenters. The van der Waals surface area contributed by atoms with Crippen molar-refractivity contribution in [2.45, 2.75) is 26.3 Å². The van der Waals surface area contributed by atoms with Crippen molar-refractivity contribution in [1.29, 1.82) is 0 Å². The maximum atomic E-state index is 13.5. The molecule has 4 rings (SSSR count). The van der Waals surface area contributed by atoms with Gasteiger partial charge in [-0.25, -0.2) is 5.01 Å². The monoisotopic (exact) mass is 464 g/mol. The molecule has 11 nitrogen and oxygen atoms in total. The van der Waals surface area contributed by atoms with Gasteiger partial charge in [-0.15, -0.1) is 0 Å². The van der Waals surface area contributed by atoms with E-state index in [2.05, 4.69) is 0 Å². The molecule has 0 spiro atoms. The predicted molar refractivity (Wildman–Crippen MR) is 118 cm³/mol. The van der Waals surface area contributed by atoms with E-state index in [0.29, 0.717) is 12.8 Å². The molecule has 174 valence electrons. The van der Waals surface area contributed by atoms with Gasteiger partial charge < -0.3 is 0 Å². The number of amides is 3. The quantitative estimate of drug-likeness (QED) is 0.276. The number of hydrogen-bond acceptors (Lipinski definition) is 7. The number of nitro groups is 2. The fourth-order valence-electron chi connectivity index (χ4n) is 4.35. The molecule has 1 heterocycles. The summed E-state index contributed by atoms with van der Waals surface area (Å²) in [4.78, 5) is 61.3. The standard InChI is InChI=1S/C23H20N4O7/c1-14-6-11-18-19(12-14)23(30)25(22(18)29)24(13-16-4-2-3-5-20(16)27(33)34)21(28)15-7-9-17(10-8-15)26(31)32/h2-10,18-19H,11-13H2,1H3/t18-,19-/m0/s1. The molecule has 0 saturated carbocycles. The van der Waals surface area contributed by atoms with Crippen LogP contribution in [0.1, 0.15) is 35.7 Å². The molecule has 3 amide bonds. The van der Waals surface area contributed by atoms with Crippen molar-refractivity contribution in [2.75, 3.05) is 0 Å². The maximum Gasteiger partial charge on any atom is 0.274 e. The Kier molecular flexibility index (Phi) is 5.93. The van der Waals surface area contributed by atoms with Crippen LogP contribution in [0.15, 0.2) is 60.2 Å². The molecular formula is C23H20N4O7. The summed E-state index contributed by atoms with van der Waals surface area (Å²) in [6.45, 7) is 1.46.